The van der Waals surface area contributed by atoms with E-state index in [9.17, 15) is 4.79 Å². The molecular weight excluding hydrogens is 176 g/mol. The van der Waals surface area contributed by atoms with E-state index < -0.39 is 0 Å². The van der Waals surface area contributed by atoms with Gasteiger partial charge in [-0.2, -0.15) is 0 Å². The quantitative estimate of drug-likeness (QED) is 0.697. The van der Waals surface area contributed by atoms with Crippen LogP contribution in [-0.2, 0) is 9.53 Å². The largest absolute Gasteiger partial charge is 0.377 e. The van der Waals surface area contributed by atoms with Crippen molar-refractivity contribution in [2.24, 2.45) is 10.8 Å². The van der Waals surface area contributed by atoms with Crippen LogP contribution >= 0.6 is 0 Å². The van der Waals surface area contributed by atoms with Gasteiger partial charge >= 0.3 is 0 Å². The van der Waals surface area contributed by atoms with Gasteiger partial charge in [0.05, 0.1) is 11.5 Å². The Morgan fingerprint density at radius 1 is 1.43 bits per heavy atom. The third-order valence-corrected chi connectivity index (χ3v) is 3.07. The Bertz CT molecular complexity index is 223. The van der Waals surface area contributed by atoms with Gasteiger partial charge in [-0.15, -0.1) is 0 Å². The summed E-state index contributed by atoms with van der Waals surface area (Å²) in [4.78, 5) is 11.2. The molecule has 0 aliphatic heterocycles. The third-order valence-electron chi connectivity index (χ3n) is 3.07. The van der Waals surface area contributed by atoms with E-state index in [1.807, 2.05) is 13.8 Å². The molecule has 0 N–H and O–H groups in total. The molecule has 0 aromatic carbocycles. The van der Waals surface area contributed by atoms with Crippen LogP contribution in [0.3, 0.4) is 0 Å². The topological polar surface area (TPSA) is 26.3 Å². The molecule has 0 spiro atoms. The van der Waals surface area contributed by atoms with Crippen molar-refractivity contribution in [3.05, 3.63) is 0 Å². The number of carbonyl (C=O) groups excluding carboxylic acids is 1. The third kappa shape index (κ3) is 2.57. The Morgan fingerprint density at radius 2 is 2.00 bits per heavy atom. The highest BCUT2D eigenvalue weighted by Gasteiger charge is 2.48. The first kappa shape index (κ1) is 11.7. The summed E-state index contributed by atoms with van der Waals surface area (Å²) in [5.41, 5.74) is 0.0792. The lowest BCUT2D eigenvalue weighted by atomic mass is 9.68. The summed E-state index contributed by atoms with van der Waals surface area (Å²) >= 11 is 0. The molecule has 1 atom stereocenters. The van der Waals surface area contributed by atoms with Crippen LogP contribution in [0.1, 0.15) is 47.5 Å². The fourth-order valence-corrected chi connectivity index (χ4v) is 1.51. The van der Waals surface area contributed by atoms with Gasteiger partial charge in [0.1, 0.15) is 5.78 Å². The Labute approximate surface area is 87.0 Å². The summed E-state index contributed by atoms with van der Waals surface area (Å²) in [5, 5.41) is 0. The summed E-state index contributed by atoms with van der Waals surface area (Å²) in [6, 6.07) is 0. The molecule has 1 saturated carbocycles. The molecule has 0 radical (unpaired) electrons. The average Bonchev–Trinajstić information content (AvgIpc) is 2.01. The van der Waals surface area contributed by atoms with Crippen LogP contribution in [0.15, 0.2) is 0 Å². The number of ketones is 1. The Hall–Kier alpha value is -0.370. The van der Waals surface area contributed by atoms with E-state index in [1.165, 1.54) is 0 Å². The number of ether oxygens (including phenoxy) is 1. The fraction of sp³-hybridized carbons (Fsp3) is 0.917. The lowest BCUT2D eigenvalue weighted by Crippen LogP contribution is -2.51. The van der Waals surface area contributed by atoms with Crippen LogP contribution in [0, 0.1) is 10.8 Å². The van der Waals surface area contributed by atoms with Crippen LogP contribution in [0.25, 0.3) is 0 Å². The van der Waals surface area contributed by atoms with Crippen molar-refractivity contribution in [1.82, 2.24) is 0 Å². The minimum absolute atomic E-state index is 0.150. The molecule has 0 heterocycles. The van der Waals surface area contributed by atoms with E-state index in [0.717, 1.165) is 13.0 Å². The van der Waals surface area contributed by atoms with E-state index in [1.54, 1.807) is 0 Å². The summed E-state index contributed by atoms with van der Waals surface area (Å²) in [7, 11) is 0. The van der Waals surface area contributed by atoms with Gasteiger partial charge < -0.3 is 4.74 Å². The lowest BCUT2D eigenvalue weighted by Gasteiger charge is -2.42. The van der Waals surface area contributed by atoms with Gasteiger partial charge in [0.2, 0.25) is 0 Å². The standard InChI is InChI=1S/C12H22O2/c1-11(2,3)6-7-14-10-8-9(13)12(10,4)5/h10H,6-8H2,1-5H3. The maximum Gasteiger partial charge on any atom is 0.143 e. The molecule has 0 saturated heterocycles. The second kappa shape index (κ2) is 3.65. The summed E-state index contributed by atoms with van der Waals surface area (Å²) in [6.07, 6.45) is 1.81. The molecule has 1 rings (SSSR count). The maximum absolute atomic E-state index is 11.2. The summed E-state index contributed by atoms with van der Waals surface area (Å²) < 4.78 is 5.72. The van der Waals surface area contributed by atoms with E-state index >= 15 is 0 Å². The van der Waals surface area contributed by atoms with E-state index in [4.69, 9.17) is 4.74 Å². The zero-order valence-electron chi connectivity index (χ0n) is 10.0. The van der Waals surface area contributed by atoms with Crippen LogP contribution in [0.4, 0.5) is 0 Å². The minimum Gasteiger partial charge on any atom is -0.377 e. The summed E-state index contributed by atoms with van der Waals surface area (Å²) in [5.74, 6) is 0.332. The predicted octanol–water partition coefficient (Wildman–Crippen LogP) is 2.81. The maximum atomic E-state index is 11.2. The van der Waals surface area contributed by atoms with Crippen LogP contribution < -0.4 is 0 Å². The van der Waals surface area contributed by atoms with Gasteiger partial charge in [-0.1, -0.05) is 34.6 Å². The molecule has 1 aliphatic carbocycles. The molecule has 1 aliphatic rings. The highest BCUT2D eigenvalue weighted by Crippen LogP contribution is 2.39. The zero-order chi connectivity index (χ0) is 11.0. The number of carbonyl (C=O) groups is 1. The lowest BCUT2D eigenvalue weighted by molar-refractivity contribution is -0.158. The molecule has 2 nitrogen and oxygen atoms in total. The Kier molecular flexibility index (Phi) is 3.05. The number of hydrogen-bond donors (Lipinski definition) is 0. The first-order valence-electron chi connectivity index (χ1n) is 5.38. The van der Waals surface area contributed by atoms with E-state index in [-0.39, 0.29) is 11.5 Å². The molecule has 1 unspecified atom stereocenters. The van der Waals surface area contributed by atoms with Gasteiger partial charge in [-0.05, 0) is 11.8 Å². The number of Topliss-reactive ketones (excluding diaryl/α,β-unsaturated/α-hetero) is 1. The van der Waals surface area contributed by atoms with Crippen molar-refractivity contribution in [3.63, 3.8) is 0 Å². The van der Waals surface area contributed by atoms with Crippen molar-refractivity contribution >= 4 is 5.78 Å². The monoisotopic (exact) mass is 198 g/mol. The van der Waals surface area contributed by atoms with Gasteiger partial charge in [0, 0.05) is 13.0 Å². The zero-order valence-corrected chi connectivity index (χ0v) is 10.0. The Morgan fingerprint density at radius 3 is 2.36 bits per heavy atom. The van der Waals surface area contributed by atoms with E-state index in [0.29, 0.717) is 17.6 Å². The van der Waals surface area contributed by atoms with Crippen molar-refractivity contribution in [1.29, 1.82) is 0 Å². The highest BCUT2D eigenvalue weighted by atomic mass is 16.5. The van der Waals surface area contributed by atoms with Crippen LogP contribution in [0.2, 0.25) is 0 Å². The normalized spacial score (nSPS) is 26.1. The van der Waals surface area contributed by atoms with Crippen LogP contribution in [-0.4, -0.2) is 18.5 Å². The first-order valence-corrected chi connectivity index (χ1v) is 5.38. The highest BCUT2D eigenvalue weighted by molar-refractivity contribution is 5.91. The first-order chi connectivity index (χ1) is 6.23. The average molecular weight is 198 g/mol. The molecular formula is C12H22O2. The SMILES string of the molecule is CC(C)(C)CCOC1CC(=O)C1(C)C. The Balaban J connectivity index is 2.25. The molecule has 0 bridgehead atoms. The molecule has 0 aromatic rings. The second-order valence-corrected chi connectivity index (χ2v) is 6.02. The number of hydrogen-bond acceptors (Lipinski definition) is 2. The smallest absolute Gasteiger partial charge is 0.143 e. The van der Waals surface area contributed by atoms with E-state index in [2.05, 4.69) is 20.8 Å². The number of rotatable bonds is 3. The molecule has 0 aromatic heterocycles. The van der Waals surface area contributed by atoms with Crippen molar-refractivity contribution in [2.75, 3.05) is 6.61 Å². The minimum atomic E-state index is -0.238. The van der Waals surface area contributed by atoms with Gasteiger partial charge in [0.15, 0.2) is 0 Å². The second-order valence-electron chi connectivity index (χ2n) is 6.02. The van der Waals surface area contributed by atoms with Gasteiger partial charge in [-0.25, -0.2) is 0 Å². The van der Waals surface area contributed by atoms with Crippen molar-refractivity contribution in [3.8, 4) is 0 Å². The molecule has 0 amide bonds. The molecule has 1 fully saturated rings. The molecule has 2 heteroatoms. The van der Waals surface area contributed by atoms with Gasteiger partial charge in [0.25, 0.3) is 0 Å². The fourth-order valence-electron chi connectivity index (χ4n) is 1.51. The van der Waals surface area contributed by atoms with Crippen LogP contribution in [0.5, 0.6) is 0 Å². The predicted molar refractivity (Wildman–Crippen MR) is 57.2 cm³/mol. The van der Waals surface area contributed by atoms with Crippen molar-refractivity contribution < 1.29 is 9.53 Å². The van der Waals surface area contributed by atoms with Crippen molar-refractivity contribution in [2.45, 2.75) is 53.6 Å². The molecule has 82 valence electrons. The molecule has 14 heavy (non-hydrogen) atoms. The summed E-state index contributed by atoms with van der Waals surface area (Å²) in [6.45, 7) is 11.3. The van der Waals surface area contributed by atoms with Gasteiger partial charge in [-0.3, -0.25) is 4.79 Å².